The van der Waals surface area contributed by atoms with Gasteiger partial charge in [0, 0.05) is 6.61 Å². The minimum Gasteiger partial charge on any atom is -0.394 e. The van der Waals surface area contributed by atoms with Crippen molar-refractivity contribution >= 4 is 0 Å². The SMILES string of the molecule is CCCCCCOC(CC)CO. The minimum absolute atomic E-state index is 0.0617. The van der Waals surface area contributed by atoms with Gasteiger partial charge in [0.15, 0.2) is 0 Å². The second-order valence-corrected chi connectivity index (χ2v) is 3.14. The summed E-state index contributed by atoms with van der Waals surface area (Å²) in [6.07, 6.45) is 5.90. The van der Waals surface area contributed by atoms with Crippen LogP contribution in [-0.2, 0) is 4.74 Å². The number of aliphatic hydroxyl groups is 1. The Hall–Kier alpha value is -0.0800. The summed E-state index contributed by atoms with van der Waals surface area (Å²) in [5.74, 6) is 0. The molecule has 0 amide bonds. The first kappa shape index (κ1) is 11.9. The predicted molar refractivity (Wildman–Crippen MR) is 51.3 cm³/mol. The van der Waals surface area contributed by atoms with Crippen molar-refractivity contribution in [3.05, 3.63) is 0 Å². The van der Waals surface area contributed by atoms with E-state index < -0.39 is 0 Å². The van der Waals surface area contributed by atoms with Gasteiger partial charge in [-0.05, 0) is 12.8 Å². The number of hydrogen-bond acceptors (Lipinski definition) is 2. The van der Waals surface area contributed by atoms with Crippen LogP contribution >= 0.6 is 0 Å². The van der Waals surface area contributed by atoms with Gasteiger partial charge in [-0.15, -0.1) is 0 Å². The highest BCUT2D eigenvalue weighted by Crippen LogP contribution is 2.02. The van der Waals surface area contributed by atoms with E-state index in [1.807, 2.05) is 6.92 Å². The van der Waals surface area contributed by atoms with E-state index in [1.54, 1.807) is 0 Å². The number of aliphatic hydroxyl groups excluding tert-OH is 1. The highest BCUT2D eigenvalue weighted by Gasteiger charge is 2.02. The average Bonchev–Trinajstić information content (AvgIpc) is 2.11. The molecule has 0 aliphatic heterocycles. The van der Waals surface area contributed by atoms with E-state index in [0.29, 0.717) is 0 Å². The van der Waals surface area contributed by atoms with Gasteiger partial charge in [-0.3, -0.25) is 0 Å². The van der Waals surface area contributed by atoms with E-state index in [4.69, 9.17) is 9.84 Å². The number of rotatable bonds is 8. The monoisotopic (exact) mass is 174 g/mol. The maximum atomic E-state index is 8.80. The summed E-state index contributed by atoms with van der Waals surface area (Å²) < 4.78 is 5.44. The van der Waals surface area contributed by atoms with Crippen molar-refractivity contribution in [3.8, 4) is 0 Å². The van der Waals surface area contributed by atoms with Crippen molar-refractivity contribution in [2.24, 2.45) is 0 Å². The Labute approximate surface area is 75.9 Å². The molecule has 2 nitrogen and oxygen atoms in total. The van der Waals surface area contributed by atoms with Crippen LogP contribution in [0.3, 0.4) is 0 Å². The number of hydrogen-bond donors (Lipinski definition) is 1. The van der Waals surface area contributed by atoms with Gasteiger partial charge in [-0.25, -0.2) is 0 Å². The Morgan fingerprint density at radius 1 is 1.17 bits per heavy atom. The minimum atomic E-state index is 0.0617. The lowest BCUT2D eigenvalue weighted by Gasteiger charge is -2.12. The van der Waals surface area contributed by atoms with Gasteiger partial charge in [0.2, 0.25) is 0 Å². The molecule has 74 valence electrons. The summed E-state index contributed by atoms with van der Waals surface area (Å²) in [4.78, 5) is 0. The fraction of sp³-hybridized carbons (Fsp3) is 1.00. The standard InChI is InChI=1S/C10H22O2/c1-3-5-6-7-8-12-10(4-2)9-11/h10-11H,3-9H2,1-2H3. The summed E-state index contributed by atoms with van der Waals surface area (Å²) in [6, 6.07) is 0. The van der Waals surface area contributed by atoms with Gasteiger partial charge in [0.05, 0.1) is 12.7 Å². The van der Waals surface area contributed by atoms with Crippen LogP contribution in [0.1, 0.15) is 46.0 Å². The van der Waals surface area contributed by atoms with Crippen molar-refractivity contribution in [2.45, 2.75) is 52.1 Å². The van der Waals surface area contributed by atoms with Crippen LogP contribution in [0.15, 0.2) is 0 Å². The summed E-state index contributed by atoms with van der Waals surface area (Å²) >= 11 is 0. The molecule has 0 aromatic heterocycles. The molecule has 0 spiro atoms. The third-order valence-corrected chi connectivity index (χ3v) is 2.01. The van der Waals surface area contributed by atoms with E-state index in [0.717, 1.165) is 19.4 Å². The summed E-state index contributed by atoms with van der Waals surface area (Å²) in [7, 11) is 0. The molecule has 0 aromatic rings. The Bertz CT molecular complexity index is 79.9. The maximum Gasteiger partial charge on any atom is 0.0803 e. The van der Waals surface area contributed by atoms with Crippen LogP contribution in [0.5, 0.6) is 0 Å². The molecule has 0 aromatic carbocycles. The molecule has 1 atom stereocenters. The van der Waals surface area contributed by atoms with Crippen molar-refractivity contribution in [1.82, 2.24) is 0 Å². The largest absolute Gasteiger partial charge is 0.394 e. The zero-order valence-corrected chi connectivity index (χ0v) is 8.38. The lowest BCUT2D eigenvalue weighted by Crippen LogP contribution is -2.16. The van der Waals surface area contributed by atoms with E-state index in [2.05, 4.69) is 6.92 Å². The third kappa shape index (κ3) is 6.62. The molecule has 0 saturated heterocycles. The highest BCUT2D eigenvalue weighted by atomic mass is 16.5. The fourth-order valence-corrected chi connectivity index (χ4v) is 1.08. The molecule has 1 unspecified atom stereocenters. The van der Waals surface area contributed by atoms with Crippen LogP contribution in [0.4, 0.5) is 0 Å². The maximum absolute atomic E-state index is 8.80. The lowest BCUT2D eigenvalue weighted by molar-refractivity contribution is 0.00933. The smallest absolute Gasteiger partial charge is 0.0803 e. The van der Waals surface area contributed by atoms with Crippen LogP contribution in [-0.4, -0.2) is 24.4 Å². The van der Waals surface area contributed by atoms with Gasteiger partial charge in [-0.2, -0.15) is 0 Å². The Morgan fingerprint density at radius 2 is 1.92 bits per heavy atom. The zero-order valence-electron chi connectivity index (χ0n) is 8.38. The molecule has 0 aliphatic carbocycles. The topological polar surface area (TPSA) is 29.5 Å². The molecule has 0 rings (SSSR count). The highest BCUT2D eigenvalue weighted by molar-refractivity contribution is 4.51. The van der Waals surface area contributed by atoms with Crippen LogP contribution in [0.2, 0.25) is 0 Å². The van der Waals surface area contributed by atoms with Gasteiger partial charge < -0.3 is 9.84 Å². The molecule has 0 fully saturated rings. The molecular weight excluding hydrogens is 152 g/mol. The van der Waals surface area contributed by atoms with E-state index in [1.165, 1.54) is 19.3 Å². The molecule has 0 aliphatic rings. The third-order valence-electron chi connectivity index (χ3n) is 2.01. The van der Waals surface area contributed by atoms with Gasteiger partial charge >= 0.3 is 0 Å². The Morgan fingerprint density at radius 3 is 2.42 bits per heavy atom. The predicted octanol–water partition coefficient (Wildman–Crippen LogP) is 2.35. The summed E-state index contributed by atoms with van der Waals surface area (Å²) in [5, 5.41) is 8.80. The van der Waals surface area contributed by atoms with Crippen molar-refractivity contribution in [3.63, 3.8) is 0 Å². The van der Waals surface area contributed by atoms with E-state index >= 15 is 0 Å². The molecular formula is C10H22O2. The summed E-state index contributed by atoms with van der Waals surface area (Å²) in [6.45, 7) is 5.19. The molecule has 0 bridgehead atoms. The number of ether oxygens (including phenoxy) is 1. The van der Waals surface area contributed by atoms with Gasteiger partial charge in [-0.1, -0.05) is 33.1 Å². The molecule has 2 heteroatoms. The Balaban J connectivity index is 3.06. The molecule has 0 radical (unpaired) electrons. The number of unbranched alkanes of at least 4 members (excludes halogenated alkanes) is 3. The van der Waals surface area contributed by atoms with Crippen molar-refractivity contribution < 1.29 is 9.84 Å². The molecule has 12 heavy (non-hydrogen) atoms. The average molecular weight is 174 g/mol. The van der Waals surface area contributed by atoms with Crippen LogP contribution < -0.4 is 0 Å². The van der Waals surface area contributed by atoms with Gasteiger partial charge in [0.25, 0.3) is 0 Å². The summed E-state index contributed by atoms with van der Waals surface area (Å²) in [5.41, 5.74) is 0. The van der Waals surface area contributed by atoms with Crippen molar-refractivity contribution in [1.29, 1.82) is 0 Å². The van der Waals surface area contributed by atoms with E-state index in [-0.39, 0.29) is 12.7 Å². The molecule has 0 saturated carbocycles. The second kappa shape index (κ2) is 9.01. The first-order chi connectivity index (χ1) is 5.85. The molecule has 1 N–H and O–H groups in total. The first-order valence-electron chi connectivity index (χ1n) is 5.07. The normalized spacial score (nSPS) is 13.2. The zero-order chi connectivity index (χ0) is 9.23. The van der Waals surface area contributed by atoms with Crippen LogP contribution in [0.25, 0.3) is 0 Å². The Kier molecular flexibility index (Phi) is 8.95. The fourth-order valence-electron chi connectivity index (χ4n) is 1.08. The van der Waals surface area contributed by atoms with Crippen LogP contribution in [0, 0.1) is 0 Å². The first-order valence-corrected chi connectivity index (χ1v) is 5.07. The lowest BCUT2D eigenvalue weighted by atomic mass is 10.2. The molecule has 0 heterocycles. The van der Waals surface area contributed by atoms with E-state index in [9.17, 15) is 0 Å². The second-order valence-electron chi connectivity index (χ2n) is 3.14. The van der Waals surface area contributed by atoms with Crippen molar-refractivity contribution in [2.75, 3.05) is 13.2 Å². The van der Waals surface area contributed by atoms with Gasteiger partial charge in [0.1, 0.15) is 0 Å². The quantitative estimate of drug-likeness (QED) is 0.572.